The van der Waals surface area contributed by atoms with Gasteiger partial charge in [-0.25, -0.2) is 4.98 Å². The molecule has 0 saturated heterocycles. The first-order chi connectivity index (χ1) is 8.06. The molecule has 0 aliphatic heterocycles. The molecule has 0 spiro atoms. The van der Waals surface area contributed by atoms with Gasteiger partial charge in [-0.05, 0) is 33.0 Å². The van der Waals surface area contributed by atoms with Gasteiger partial charge in [-0.3, -0.25) is 4.57 Å². The average Bonchev–Trinajstić information content (AvgIpc) is 2.79. The van der Waals surface area contributed by atoms with Gasteiger partial charge in [0.2, 0.25) is 0 Å². The van der Waals surface area contributed by atoms with Gasteiger partial charge in [0.1, 0.15) is 0 Å². The van der Waals surface area contributed by atoms with Crippen molar-refractivity contribution in [1.82, 2.24) is 14.9 Å². The van der Waals surface area contributed by atoms with Gasteiger partial charge in [0.05, 0.1) is 34.5 Å². The summed E-state index contributed by atoms with van der Waals surface area (Å²) in [5, 5.41) is 3.99. The molecule has 1 N–H and O–H groups in total. The molecule has 0 aliphatic carbocycles. The molecule has 0 aliphatic rings. The largest absolute Gasteiger partial charge is 0.310 e. The molecule has 0 atom stereocenters. The summed E-state index contributed by atoms with van der Waals surface area (Å²) in [6.07, 6.45) is 3.65. The first-order valence-corrected chi connectivity index (χ1v) is 5.90. The third kappa shape index (κ3) is 2.21. The van der Waals surface area contributed by atoms with E-state index in [1.807, 2.05) is 42.1 Å². The molecule has 1 heterocycles. The summed E-state index contributed by atoms with van der Waals surface area (Å²) in [6, 6.07) is 7.76. The Balaban J connectivity index is 2.56. The van der Waals surface area contributed by atoms with Gasteiger partial charge in [0.25, 0.3) is 0 Å². The molecule has 1 aromatic carbocycles. The van der Waals surface area contributed by atoms with Crippen LogP contribution in [0.4, 0.5) is 0 Å². The maximum atomic E-state index is 6.21. The van der Waals surface area contributed by atoms with Gasteiger partial charge < -0.3 is 5.32 Å². The minimum Gasteiger partial charge on any atom is -0.310 e. The molecular formula is C13H16ClN3. The summed E-state index contributed by atoms with van der Waals surface area (Å²) < 4.78 is 2.01. The van der Waals surface area contributed by atoms with Crippen LogP contribution in [0, 0.1) is 0 Å². The third-order valence-corrected chi connectivity index (χ3v) is 3.34. The van der Waals surface area contributed by atoms with Crippen LogP contribution in [0.15, 0.2) is 36.8 Å². The Labute approximate surface area is 106 Å². The minimum atomic E-state index is -0.157. The van der Waals surface area contributed by atoms with Crippen molar-refractivity contribution in [3.8, 4) is 5.69 Å². The summed E-state index contributed by atoms with van der Waals surface area (Å²) in [5.74, 6) is 0. The molecular weight excluding hydrogens is 234 g/mol. The second-order valence-corrected chi connectivity index (χ2v) is 4.88. The molecule has 2 aromatic rings. The van der Waals surface area contributed by atoms with Crippen molar-refractivity contribution >= 4 is 11.6 Å². The molecule has 4 heteroatoms. The Kier molecular flexibility index (Phi) is 3.22. The SMILES string of the molecule is CNC(C)(C)c1cncn1-c1ccccc1Cl. The van der Waals surface area contributed by atoms with Crippen molar-refractivity contribution in [3.63, 3.8) is 0 Å². The van der Waals surface area contributed by atoms with Crippen LogP contribution in [0.3, 0.4) is 0 Å². The fourth-order valence-electron chi connectivity index (χ4n) is 1.72. The van der Waals surface area contributed by atoms with Crippen LogP contribution in [-0.2, 0) is 5.54 Å². The third-order valence-electron chi connectivity index (χ3n) is 3.02. The number of hydrogen-bond acceptors (Lipinski definition) is 2. The summed E-state index contributed by atoms with van der Waals surface area (Å²) in [7, 11) is 1.93. The van der Waals surface area contributed by atoms with Crippen LogP contribution in [0.2, 0.25) is 5.02 Å². The highest BCUT2D eigenvalue weighted by atomic mass is 35.5. The zero-order valence-electron chi connectivity index (χ0n) is 10.2. The monoisotopic (exact) mass is 249 g/mol. The van der Waals surface area contributed by atoms with E-state index in [0.717, 1.165) is 16.4 Å². The van der Waals surface area contributed by atoms with Crippen molar-refractivity contribution in [2.24, 2.45) is 0 Å². The Hall–Kier alpha value is -1.32. The standard InChI is InChI=1S/C13H16ClN3/c1-13(2,15-3)12-8-16-9-17(12)11-7-5-4-6-10(11)14/h4-9,15H,1-3H3. The van der Waals surface area contributed by atoms with E-state index < -0.39 is 0 Å². The Morgan fingerprint density at radius 1 is 1.29 bits per heavy atom. The van der Waals surface area contributed by atoms with Gasteiger partial charge in [-0.1, -0.05) is 23.7 Å². The average molecular weight is 250 g/mol. The topological polar surface area (TPSA) is 29.9 Å². The van der Waals surface area contributed by atoms with E-state index in [4.69, 9.17) is 11.6 Å². The lowest BCUT2D eigenvalue weighted by atomic mass is 10.0. The zero-order valence-corrected chi connectivity index (χ0v) is 11.0. The number of rotatable bonds is 3. The van der Waals surface area contributed by atoms with E-state index >= 15 is 0 Å². The number of nitrogens with zero attached hydrogens (tertiary/aromatic N) is 2. The lowest BCUT2D eigenvalue weighted by Gasteiger charge is -2.25. The number of halogens is 1. The molecule has 0 bridgehead atoms. The molecule has 0 fully saturated rings. The Bertz CT molecular complexity index is 517. The van der Waals surface area contributed by atoms with E-state index in [2.05, 4.69) is 24.1 Å². The quantitative estimate of drug-likeness (QED) is 0.906. The van der Waals surface area contributed by atoms with E-state index in [0.29, 0.717) is 0 Å². The second-order valence-electron chi connectivity index (χ2n) is 4.48. The molecule has 90 valence electrons. The predicted molar refractivity (Wildman–Crippen MR) is 70.7 cm³/mol. The lowest BCUT2D eigenvalue weighted by Crippen LogP contribution is -2.35. The van der Waals surface area contributed by atoms with Gasteiger partial charge in [0.15, 0.2) is 0 Å². The van der Waals surface area contributed by atoms with Crippen LogP contribution >= 0.6 is 11.6 Å². The number of nitrogens with one attached hydrogen (secondary N) is 1. The van der Waals surface area contributed by atoms with Gasteiger partial charge in [0, 0.05) is 0 Å². The fourth-order valence-corrected chi connectivity index (χ4v) is 1.95. The number of imidazole rings is 1. The van der Waals surface area contributed by atoms with Gasteiger partial charge in [-0.15, -0.1) is 0 Å². The second kappa shape index (κ2) is 4.51. The molecule has 0 unspecified atom stereocenters. The smallest absolute Gasteiger partial charge is 0.0995 e. The highest BCUT2D eigenvalue weighted by Gasteiger charge is 2.23. The summed E-state index contributed by atoms with van der Waals surface area (Å²) in [6.45, 7) is 4.22. The van der Waals surface area contributed by atoms with Crippen LogP contribution in [0.1, 0.15) is 19.5 Å². The lowest BCUT2D eigenvalue weighted by molar-refractivity contribution is 0.425. The first-order valence-electron chi connectivity index (χ1n) is 5.53. The highest BCUT2D eigenvalue weighted by Crippen LogP contribution is 2.26. The van der Waals surface area contributed by atoms with Crippen molar-refractivity contribution in [2.45, 2.75) is 19.4 Å². The van der Waals surface area contributed by atoms with Crippen LogP contribution < -0.4 is 5.32 Å². The first kappa shape index (κ1) is 12.1. The normalized spacial score (nSPS) is 11.8. The van der Waals surface area contributed by atoms with E-state index in [9.17, 15) is 0 Å². The maximum absolute atomic E-state index is 6.21. The molecule has 1 aromatic heterocycles. The van der Waals surface area contributed by atoms with E-state index in [-0.39, 0.29) is 5.54 Å². The summed E-state index contributed by atoms with van der Waals surface area (Å²) in [5.41, 5.74) is 1.87. The minimum absolute atomic E-state index is 0.157. The van der Waals surface area contributed by atoms with Crippen molar-refractivity contribution in [3.05, 3.63) is 47.5 Å². The van der Waals surface area contributed by atoms with Crippen molar-refractivity contribution < 1.29 is 0 Å². The number of benzene rings is 1. The van der Waals surface area contributed by atoms with Crippen LogP contribution in [-0.4, -0.2) is 16.6 Å². The Morgan fingerprint density at radius 2 is 2.00 bits per heavy atom. The van der Waals surface area contributed by atoms with Crippen molar-refractivity contribution in [2.75, 3.05) is 7.05 Å². The number of aromatic nitrogens is 2. The maximum Gasteiger partial charge on any atom is 0.0995 e. The van der Waals surface area contributed by atoms with Gasteiger partial charge in [-0.2, -0.15) is 0 Å². The molecule has 17 heavy (non-hydrogen) atoms. The van der Waals surface area contributed by atoms with Crippen LogP contribution in [0.25, 0.3) is 5.69 Å². The molecule has 3 nitrogen and oxygen atoms in total. The fraction of sp³-hybridized carbons (Fsp3) is 0.308. The van der Waals surface area contributed by atoms with E-state index in [1.165, 1.54) is 0 Å². The molecule has 0 amide bonds. The van der Waals surface area contributed by atoms with Crippen LogP contribution in [0.5, 0.6) is 0 Å². The van der Waals surface area contributed by atoms with Gasteiger partial charge >= 0.3 is 0 Å². The predicted octanol–water partition coefficient (Wildman–Crippen LogP) is 2.98. The summed E-state index contributed by atoms with van der Waals surface area (Å²) in [4.78, 5) is 4.22. The van der Waals surface area contributed by atoms with Crippen molar-refractivity contribution in [1.29, 1.82) is 0 Å². The number of para-hydroxylation sites is 1. The van der Waals surface area contributed by atoms with E-state index in [1.54, 1.807) is 6.33 Å². The Morgan fingerprint density at radius 3 is 2.65 bits per heavy atom. The molecule has 0 saturated carbocycles. The highest BCUT2D eigenvalue weighted by molar-refractivity contribution is 6.32. The zero-order chi connectivity index (χ0) is 12.5. The molecule has 0 radical (unpaired) electrons. The number of hydrogen-bond donors (Lipinski definition) is 1. The summed E-state index contributed by atoms with van der Waals surface area (Å²) >= 11 is 6.21. The molecule has 2 rings (SSSR count).